The van der Waals surface area contributed by atoms with Crippen molar-refractivity contribution in [1.29, 1.82) is 0 Å². The van der Waals surface area contributed by atoms with E-state index < -0.39 is 11.9 Å². The van der Waals surface area contributed by atoms with Gasteiger partial charge in [-0.05, 0) is 116 Å². The number of ether oxygens (including phenoxy) is 3. The fourth-order valence-corrected chi connectivity index (χ4v) is 5.96. The SMILES string of the molecule is C/C(=C1/N=C(c2ccccc2)OC1=O)c1cccc(F)c1.C/C(=C1\N=C(c2ccccc2)OC1=O)c1cccc(F)c1.CC(=O)c1cccc(F)c1.O=C1CN=C(c2ccccc2)O1. The molecule has 0 saturated heterocycles. The molecule has 0 amide bonds. The largest absolute Gasteiger partial charge is 0.406 e. The molecule has 13 heteroatoms. The van der Waals surface area contributed by atoms with Crippen LogP contribution in [-0.2, 0) is 28.6 Å². The maximum absolute atomic E-state index is 13.3. The third-order valence-corrected chi connectivity index (χ3v) is 9.27. The van der Waals surface area contributed by atoms with Crippen LogP contribution in [-0.4, -0.2) is 47.9 Å². The molecular weight excluding hydrogens is 824 g/mol. The maximum atomic E-state index is 13.3. The minimum absolute atomic E-state index is 0.112. The van der Waals surface area contributed by atoms with Crippen LogP contribution in [0.15, 0.2) is 190 Å². The molecule has 0 unspecified atom stereocenters. The number of aliphatic imine (C=N–C) groups is 3. The summed E-state index contributed by atoms with van der Waals surface area (Å²) < 4.78 is 54.2. The Labute approximate surface area is 366 Å². The molecule has 6 aromatic rings. The molecule has 64 heavy (non-hydrogen) atoms. The van der Waals surface area contributed by atoms with Crippen molar-refractivity contribution in [3.05, 3.63) is 226 Å². The predicted octanol–water partition coefficient (Wildman–Crippen LogP) is 10.1. The Kier molecular flexibility index (Phi) is 15.2. The summed E-state index contributed by atoms with van der Waals surface area (Å²) in [7, 11) is 0. The van der Waals surface area contributed by atoms with E-state index in [1.54, 1.807) is 44.2 Å². The number of ketones is 1. The normalized spacial score (nSPS) is 15.2. The highest BCUT2D eigenvalue weighted by molar-refractivity contribution is 6.15. The van der Waals surface area contributed by atoms with E-state index in [9.17, 15) is 32.3 Å². The van der Waals surface area contributed by atoms with Crippen LogP contribution < -0.4 is 0 Å². The minimum Gasteiger partial charge on any atom is -0.406 e. The highest BCUT2D eigenvalue weighted by atomic mass is 19.1. The summed E-state index contributed by atoms with van der Waals surface area (Å²) in [6, 6.07) is 45.5. The van der Waals surface area contributed by atoms with Crippen LogP contribution in [0.1, 0.15) is 58.9 Å². The lowest BCUT2D eigenvalue weighted by molar-refractivity contribution is -0.132. The first kappa shape index (κ1) is 45.2. The molecule has 6 aromatic carbocycles. The lowest BCUT2D eigenvalue weighted by Crippen LogP contribution is -2.05. The van der Waals surface area contributed by atoms with Gasteiger partial charge in [0.2, 0.25) is 17.7 Å². The molecule has 0 N–H and O–H groups in total. The summed E-state index contributed by atoms with van der Waals surface area (Å²) in [5.74, 6) is -1.54. The molecule has 3 aliphatic rings. The number of hydrogen-bond donors (Lipinski definition) is 0. The molecule has 3 aliphatic heterocycles. The van der Waals surface area contributed by atoms with Crippen molar-refractivity contribution in [1.82, 2.24) is 0 Å². The third kappa shape index (κ3) is 12.2. The average molecular weight is 862 g/mol. The van der Waals surface area contributed by atoms with Crippen molar-refractivity contribution in [3.63, 3.8) is 0 Å². The smallest absolute Gasteiger partial charge is 0.364 e. The van der Waals surface area contributed by atoms with E-state index in [4.69, 9.17) is 14.2 Å². The van der Waals surface area contributed by atoms with E-state index in [1.165, 1.54) is 49.4 Å². The number of Topliss-reactive ketones (excluding diaryl/α,β-unsaturated/α-hetero) is 1. The topological polar surface area (TPSA) is 133 Å². The summed E-state index contributed by atoms with van der Waals surface area (Å²) in [6.07, 6.45) is 0. The molecule has 320 valence electrons. The highest BCUT2D eigenvalue weighted by Crippen LogP contribution is 2.27. The average Bonchev–Trinajstić information content (AvgIpc) is 4.05. The second-order valence-electron chi connectivity index (χ2n) is 13.8. The number of cyclic esters (lactones) is 3. The minimum atomic E-state index is -0.518. The number of allylic oxidation sites excluding steroid dienone is 2. The van der Waals surface area contributed by atoms with Gasteiger partial charge < -0.3 is 14.2 Å². The quantitative estimate of drug-likeness (QED) is 0.0705. The van der Waals surface area contributed by atoms with Gasteiger partial charge in [-0.1, -0.05) is 91.0 Å². The van der Waals surface area contributed by atoms with Gasteiger partial charge in [-0.3, -0.25) is 4.79 Å². The number of carbonyl (C=O) groups is 4. The summed E-state index contributed by atoms with van der Waals surface area (Å²) in [5.41, 5.74) is 5.54. The number of esters is 3. The number of benzene rings is 6. The summed E-state index contributed by atoms with van der Waals surface area (Å²) in [6.45, 7) is 5.00. The van der Waals surface area contributed by atoms with Crippen molar-refractivity contribution in [2.75, 3.05) is 6.54 Å². The monoisotopic (exact) mass is 861 g/mol. The van der Waals surface area contributed by atoms with E-state index in [1.807, 2.05) is 91.0 Å². The summed E-state index contributed by atoms with van der Waals surface area (Å²) in [5, 5.41) is 0. The summed E-state index contributed by atoms with van der Waals surface area (Å²) >= 11 is 0. The standard InChI is InChI=1S/2C17H12FNO2.C9H7NO2.C8H7FO/c2*1-11(13-8-5-9-14(18)10-13)15-17(20)21-16(19-15)12-6-3-2-4-7-12;11-8-6-10-9(12-8)7-4-2-1-3-5-7;1-6(10)7-3-2-4-8(9)5-7/h2*2-10H,1H3;1-5H,6H2;2-5H,1H3/b15-11+;15-11-;;. The zero-order chi connectivity index (χ0) is 45.6. The molecule has 0 radical (unpaired) electrons. The van der Waals surface area contributed by atoms with Gasteiger partial charge in [-0.2, -0.15) is 0 Å². The molecule has 10 nitrogen and oxygen atoms in total. The fraction of sp³-hybridized carbons (Fsp3) is 0.0784. The van der Waals surface area contributed by atoms with Gasteiger partial charge in [0.25, 0.3) is 0 Å². The van der Waals surface area contributed by atoms with Crippen molar-refractivity contribution in [2.24, 2.45) is 15.0 Å². The van der Waals surface area contributed by atoms with Gasteiger partial charge in [0, 0.05) is 22.3 Å². The van der Waals surface area contributed by atoms with Crippen LogP contribution in [0.2, 0.25) is 0 Å². The van der Waals surface area contributed by atoms with Crippen LogP contribution >= 0.6 is 0 Å². The van der Waals surface area contributed by atoms with Crippen molar-refractivity contribution in [2.45, 2.75) is 20.8 Å². The maximum Gasteiger partial charge on any atom is 0.364 e. The van der Waals surface area contributed by atoms with Crippen LogP contribution in [0.5, 0.6) is 0 Å². The molecule has 3 heterocycles. The Morgan fingerprint density at radius 3 is 1.14 bits per heavy atom. The van der Waals surface area contributed by atoms with Crippen LogP contribution in [0.25, 0.3) is 11.1 Å². The van der Waals surface area contributed by atoms with Crippen LogP contribution in [0.4, 0.5) is 13.2 Å². The second kappa shape index (κ2) is 21.5. The van der Waals surface area contributed by atoms with Gasteiger partial charge in [-0.25, -0.2) is 42.5 Å². The van der Waals surface area contributed by atoms with E-state index in [0.29, 0.717) is 33.7 Å². The van der Waals surface area contributed by atoms with Gasteiger partial charge in [0.1, 0.15) is 24.0 Å². The predicted molar refractivity (Wildman–Crippen MR) is 236 cm³/mol. The lowest BCUT2D eigenvalue weighted by atomic mass is 10.1. The van der Waals surface area contributed by atoms with E-state index in [0.717, 1.165) is 16.7 Å². The molecule has 0 bridgehead atoms. The van der Waals surface area contributed by atoms with Gasteiger partial charge in [0.15, 0.2) is 17.2 Å². The lowest BCUT2D eigenvalue weighted by Gasteiger charge is -2.02. The number of nitrogens with zero attached hydrogens (tertiary/aromatic N) is 3. The Balaban J connectivity index is 0.000000148. The zero-order valence-corrected chi connectivity index (χ0v) is 34.6. The molecule has 0 atom stereocenters. The van der Waals surface area contributed by atoms with E-state index in [2.05, 4.69) is 15.0 Å². The first-order chi connectivity index (χ1) is 30.9. The van der Waals surface area contributed by atoms with Crippen LogP contribution in [0.3, 0.4) is 0 Å². The van der Waals surface area contributed by atoms with E-state index in [-0.39, 0.29) is 58.9 Å². The number of carbonyl (C=O) groups excluding carboxylic acids is 4. The third-order valence-electron chi connectivity index (χ3n) is 9.27. The number of rotatable bonds is 6. The molecule has 0 spiro atoms. The van der Waals surface area contributed by atoms with Crippen LogP contribution in [0, 0.1) is 17.5 Å². The van der Waals surface area contributed by atoms with Crippen molar-refractivity contribution in [3.8, 4) is 0 Å². The number of hydrogen-bond acceptors (Lipinski definition) is 10. The first-order valence-electron chi connectivity index (χ1n) is 19.6. The second-order valence-corrected chi connectivity index (χ2v) is 13.8. The Morgan fingerprint density at radius 1 is 0.453 bits per heavy atom. The highest BCUT2D eigenvalue weighted by Gasteiger charge is 2.28. The molecule has 0 aliphatic carbocycles. The molecule has 9 rings (SSSR count). The van der Waals surface area contributed by atoms with Gasteiger partial charge in [0.05, 0.1) is 0 Å². The fourth-order valence-electron chi connectivity index (χ4n) is 5.96. The molecular formula is C51H38F3N3O7. The Hall–Kier alpha value is -8.32. The number of halogens is 3. The molecule has 0 saturated carbocycles. The van der Waals surface area contributed by atoms with E-state index >= 15 is 0 Å². The van der Waals surface area contributed by atoms with Crippen molar-refractivity contribution >= 4 is 52.5 Å². The van der Waals surface area contributed by atoms with Crippen molar-refractivity contribution < 1.29 is 46.6 Å². The Morgan fingerprint density at radius 2 is 0.812 bits per heavy atom. The molecule has 0 fully saturated rings. The van der Waals surface area contributed by atoms with Gasteiger partial charge in [-0.15, -0.1) is 0 Å². The van der Waals surface area contributed by atoms with Gasteiger partial charge >= 0.3 is 17.9 Å². The molecule has 0 aromatic heterocycles. The summed E-state index contributed by atoms with van der Waals surface area (Å²) in [4.78, 5) is 57.7. The first-order valence-corrected chi connectivity index (χ1v) is 19.6. The Bertz CT molecular complexity index is 2720. The zero-order valence-electron chi connectivity index (χ0n) is 34.6.